The highest BCUT2D eigenvalue weighted by Crippen LogP contribution is 2.61. The molecular formula is C20H16O5. The van der Waals surface area contributed by atoms with E-state index in [0.717, 1.165) is 0 Å². The van der Waals surface area contributed by atoms with Crippen molar-refractivity contribution in [1.82, 2.24) is 0 Å². The first-order chi connectivity index (χ1) is 12.0. The normalized spacial score (nSPS) is 32.1. The van der Waals surface area contributed by atoms with Crippen LogP contribution in [-0.2, 0) is 0 Å². The lowest BCUT2D eigenvalue weighted by Gasteiger charge is -2.31. The van der Waals surface area contributed by atoms with E-state index in [-0.39, 0.29) is 52.8 Å². The summed E-state index contributed by atoms with van der Waals surface area (Å²) in [5.74, 6) is -2.24. The second-order valence-corrected chi connectivity index (χ2v) is 7.21. The average molecular weight is 336 g/mol. The maximum Gasteiger partial charge on any atom is 0.172 e. The van der Waals surface area contributed by atoms with Crippen molar-refractivity contribution in [2.45, 2.75) is 24.4 Å². The largest absolute Gasteiger partial charge is 0.507 e. The Kier molecular flexibility index (Phi) is 2.76. The van der Waals surface area contributed by atoms with Gasteiger partial charge in [-0.1, -0.05) is 24.3 Å². The first-order valence-electron chi connectivity index (χ1n) is 8.40. The van der Waals surface area contributed by atoms with E-state index < -0.39 is 12.0 Å². The third kappa shape index (κ3) is 1.66. The summed E-state index contributed by atoms with van der Waals surface area (Å²) in [6.45, 7) is 0. The second-order valence-electron chi connectivity index (χ2n) is 7.21. The third-order valence-corrected chi connectivity index (χ3v) is 6.16. The lowest BCUT2D eigenvalue weighted by Crippen LogP contribution is -2.35. The molecule has 0 amide bonds. The zero-order valence-corrected chi connectivity index (χ0v) is 13.2. The Morgan fingerprint density at radius 2 is 1.40 bits per heavy atom. The van der Waals surface area contributed by atoms with E-state index in [1.165, 1.54) is 12.1 Å². The summed E-state index contributed by atoms with van der Waals surface area (Å²) in [6, 6.07) is 9.87. The molecule has 3 aliphatic rings. The van der Waals surface area contributed by atoms with Crippen molar-refractivity contribution in [3.63, 3.8) is 0 Å². The molecule has 5 rings (SSSR count). The minimum absolute atomic E-state index is 0.0562. The standard InChI is InChI=1S/C20H16O5/c21-11-5-1-3-8-14-10(7-13(23)15(8)11)18-19(24)16-9(17(14)20(18)25)4-2-6-12(16)22/h1-6,10,14,17-18,20-22,25H,7H2. The smallest absolute Gasteiger partial charge is 0.172 e. The maximum atomic E-state index is 13.0. The number of Topliss-reactive ketones (excluding diaryl/α,β-unsaturated/α-hetero) is 2. The lowest BCUT2D eigenvalue weighted by molar-refractivity contribution is 0.0610. The van der Waals surface area contributed by atoms with Crippen LogP contribution in [0.2, 0.25) is 0 Å². The van der Waals surface area contributed by atoms with Crippen LogP contribution in [0.3, 0.4) is 0 Å². The van der Waals surface area contributed by atoms with E-state index in [0.29, 0.717) is 16.7 Å². The van der Waals surface area contributed by atoms with Gasteiger partial charge in [-0.15, -0.1) is 0 Å². The highest BCUT2D eigenvalue weighted by atomic mass is 16.3. The number of ketones is 2. The number of fused-ring (bicyclic) bond motifs is 9. The Morgan fingerprint density at radius 3 is 2.08 bits per heavy atom. The molecule has 0 saturated heterocycles. The zero-order chi connectivity index (χ0) is 17.5. The van der Waals surface area contributed by atoms with Gasteiger partial charge in [-0.2, -0.15) is 0 Å². The summed E-state index contributed by atoms with van der Waals surface area (Å²) < 4.78 is 0. The van der Waals surface area contributed by atoms with E-state index in [1.54, 1.807) is 24.3 Å². The summed E-state index contributed by atoms with van der Waals surface area (Å²) in [5.41, 5.74) is 1.89. The van der Waals surface area contributed by atoms with Crippen molar-refractivity contribution in [2.75, 3.05) is 0 Å². The molecule has 0 aromatic heterocycles. The Bertz CT molecular complexity index is 947. The first-order valence-corrected chi connectivity index (χ1v) is 8.40. The van der Waals surface area contributed by atoms with Crippen LogP contribution in [0.5, 0.6) is 11.5 Å². The Labute approximate surface area is 143 Å². The molecule has 25 heavy (non-hydrogen) atoms. The number of aliphatic hydroxyl groups excluding tert-OH is 1. The van der Waals surface area contributed by atoms with Gasteiger partial charge in [-0.05, 0) is 35.1 Å². The Morgan fingerprint density at radius 1 is 0.800 bits per heavy atom. The van der Waals surface area contributed by atoms with Gasteiger partial charge in [0.1, 0.15) is 11.5 Å². The van der Waals surface area contributed by atoms with Crippen molar-refractivity contribution < 1.29 is 24.9 Å². The third-order valence-electron chi connectivity index (χ3n) is 6.16. The van der Waals surface area contributed by atoms with Crippen molar-refractivity contribution in [3.8, 4) is 11.5 Å². The van der Waals surface area contributed by atoms with Crippen molar-refractivity contribution in [1.29, 1.82) is 0 Å². The highest BCUT2D eigenvalue weighted by Gasteiger charge is 2.60. The molecule has 2 aromatic rings. The molecule has 1 fully saturated rings. The van der Waals surface area contributed by atoms with Gasteiger partial charge in [-0.25, -0.2) is 0 Å². The molecule has 0 radical (unpaired) electrons. The zero-order valence-electron chi connectivity index (χ0n) is 13.2. The minimum atomic E-state index is -0.891. The molecule has 0 spiro atoms. The summed E-state index contributed by atoms with van der Waals surface area (Å²) in [5, 5.41) is 31.2. The number of benzene rings is 2. The molecule has 5 atom stereocenters. The number of aliphatic hydroxyl groups is 1. The molecule has 2 bridgehead atoms. The molecule has 5 heteroatoms. The molecule has 3 aliphatic carbocycles. The molecule has 0 heterocycles. The lowest BCUT2D eigenvalue weighted by atomic mass is 9.71. The van der Waals surface area contributed by atoms with Gasteiger partial charge >= 0.3 is 0 Å². The summed E-state index contributed by atoms with van der Waals surface area (Å²) in [7, 11) is 0. The highest BCUT2D eigenvalue weighted by molar-refractivity contribution is 6.07. The van der Waals surface area contributed by atoms with Crippen LogP contribution in [0.15, 0.2) is 36.4 Å². The fourth-order valence-corrected chi connectivity index (χ4v) is 5.31. The SMILES string of the molecule is O=C1CC2C3C(=O)c4c(O)cccc4C(C3O)C2c2cccc(O)c21. The summed E-state index contributed by atoms with van der Waals surface area (Å²) in [4.78, 5) is 25.6. The van der Waals surface area contributed by atoms with Crippen LogP contribution in [0.4, 0.5) is 0 Å². The fourth-order valence-electron chi connectivity index (χ4n) is 5.31. The number of phenolic OH excluding ortho intramolecular Hbond substituents is 2. The Balaban J connectivity index is 1.80. The van der Waals surface area contributed by atoms with Crippen molar-refractivity contribution in [2.24, 2.45) is 11.8 Å². The van der Waals surface area contributed by atoms with Gasteiger partial charge in [0.2, 0.25) is 0 Å². The summed E-state index contributed by atoms with van der Waals surface area (Å²) >= 11 is 0. The molecular weight excluding hydrogens is 320 g/mol. The first kappa shape index (κ1) is 14.7. The average Bonchev–Trinajstić information content (AvgIpc) is 2.79. The number of phenols is 2. The van der Waals surface area contributed by atoms with Gasteiger partial charge in [0.25, 0.3) is 0 Å². The molecule has 0 aliphatic heterocycles. The van der Waals surface area contributed by atoms with Crippen LogP contribution in [-0.4, -0.2) is 33.0 Å². The number of carbonyl (C=O) groups is 2. The number of hydrogen-bond donors (Lipinski definition) is 3. The van der Waals surface area contributed by atoms with E-state index in [1.807, 2.05) is 0 Å². The predicted molar refractivity (Wildman–Crippen MR) is 88.0 cm³/mol. The summed E-state index contributed by atoms with van der Waals surface area (Å²) in [6.07, 6.45) is -0.772. The van der Waals surface area contributed by atoms with Crippen LogP contribution in [0, 0.1) is 11.8 Å². The number of hydrogen-bond acceptors (Lipinski definition) is 5. The van der Waals surface area contributed by atoms with E-state index in [4.69, 9.17) is 0 Å². The molecule has 126 valence electrons. The van der Waals surface area contributed by atoms with Crippen LogP contribution in [0.25, 0.3) is 0 Å². The van der Waals surface area contributed by atoms with E-state index >= 15 is 0 Å². The van der Waals surface area contributed by atoms with Crippen LogP contribution >= 0.6 is 0 Å². The quantitative estimate of drug-likeness (QED) is 0.686. The van der Waals surface area contributed by atoms with Crippen LogP contribution in [0.1, 0.15) is 50.1 Å². The fraction of sp³-hybridized carbons (Fsp3) is 0.300. The number of carbonyl (C=O) groups excluding carboxylic acids is 2. The van der Waals surface area contributed by atoms with Gasteiger partial charge in [-0.3, -0.25) is 9.59 Å². The molecule has 1 saturated carbocycles. The van der Waals surface area contributed by atoms with Gasteiger partial charge in [0.05, 0.1) is 23.1 Å². The maximum absolute atomic E-state index is 13.0. The monoisotopic (exact) mass is 336 g/mol. The van der Waals surface area contributed by atoms with Gasteiger partial charge < -0.3 is 15.3 Å². The number of aromatic hydroxyl groups is 2. The van der Waals surface area contributed by atoms with Gasteiger partial charge in [0, 0.05) is 12.3 Å². The van der Waals surface area contributed by atoms with E-state index in [9.17, 15) is 24.9 Å². The van der Waals surface area contributed by atoms with E-state index in [2.05, 4.69) is 0 Å². The Hall–Kier alpha value is -2.66. The van der Waals surface area contributed by atoms with Crippen LogP contribution < -0.4 is 0 Å². The minimum Gasteiger partial charge on any atom is -0.507 e. The number of rotatable bonds is 0. The topological polar surface area (TPSA) is 94.8 Å². The molecule has 5 nitrogen and oxygen atoms in total. The predicted octanol–water partition coefficient (Wildman–Crippen LogP) is 2.35. The molecule has 2 aromatic carbocycles. The molecule has 5 unspecified atom stereocenters. The van der Waals surface area contributed by atoms with Crippen molar-refractivity contribution in [3.05, 3.63) is 58.7 Å². The van der Waals surface area contributed by atoms with Crippen molar-refractivity contribution >= 4 is 11.6 Å². The molecule has 3 N–H and O–H groups in total. The van der Waals surface area contributed by atoms with Gasteiger partial charge in [0.15, 0.2) is 11.6 Å². The second kappa shape index (κ2) is 4.70.